The fourth-order valence-electron chi connectivity index (χ4n) is 3.55. The molecule has 0 aromatic heterocycles. The van der Waals surface area contributed by atoms with Crippen LogP contribution in [0.5, 0.6) is 11.5 Å². The van der Waals surface area contributed by atoms with Gasteiger partial charge in [-0.15, -0.1) is 0 Å². The number of carbonyl (C=O) groups excluding carboxylic acids is 2. The van der Waals surface area contributed by atoms with Crippen LogP contribution < -0.4 is 20.1 Å². The molecule has 170 valence electrons. The zero-order valence-electron chi connectivity index (χ0n) is 18.0. The first kappa shape index (κ1) is 23.1. The minimum Gasteiger partial charge on any atom is -0.493 e. The van der Waals surface area contributed by atoms with E-state index in [0.29, 0.717) is 30.0 Å². The number of nitro benzene ring substituents is 1. The number of hydrogen-bond acceptors (Lipinski definition) is 6. The molecule has 9 nitrogen and oxygen atoms in total. The highest BCUT2D eigenvalue weighted by atomic mass is 16.6. The number of ether oxygens (including phenoxy) is 2. The quantitative estimate of drug-likeness (QED) is 0.351. The lowest BCUT2D eigenvalue weighted by Crippen LogP contribution is -2.40. The van der Waals surface area contributed by atoms with Crippen LogP contribution in [0.25, 0.3) is 0 Å². The van der Waals surface area contributed by atoms with Crippen LogP contribution in [-0.2, 0) is 22.6 Å². The second-order valence-corrected chi connectivity index (χ2v) is 7.62. The minimum atomic E-state index is -0.761. The van der Waals surface area contributed by atoms with Crippen LogP contribution in [0.4, 0.5) is 5.69 Å². The zero-order valence-corrected chi connectivity index (χ0v) is 18.0. The number of non-ortho nitro benzene ring substituents is 1. The molecule has 2 aromatic rings. The molecule has 2 aromatic carbocycles. The minimum absolute atomic E-state index is 0.0341. The molecule has 1 aliphatic carbocycles. The van der Waals surface area contributed by atoms with E-state index < -0.39 is 16.7 Å². The van der Waals surface area contributed by atoms with Crippen LogP contribution in [0.2, 0.25) is 0 Å². The van der Waals surface area contributed by atoms with Crippen LogP contribution in [0.3, 0.4) is 0 Å². The number of hydrogen-bond donors (Lipinski definition) is 2. The Bertz CT molecular complexity index is 955. The maximum Gasteiger partial charge on any atom is 0.309 e. The molecule has 0 heterocycles. The summed E-state index contributed by atoms with van der Waals surface area (Å²) < 4.78 is 11.5. The van der Waals surface area contributed by atoms with E-state index in [2.05, 4.69) is 10.6 Å². The molecule has 1 saturated carbocycles. The summed E-state index contributed by atoms with van der Waals surface area (Å²) >= 11 is 0. The fraction of sp³-hybridized carbons (Fsp3) is 0.391. The first-order valence-electron chi connectivity index (χ1n) is 10.6. The molecular formula is C23H27N3O6. The zero-order chi connectivity index (χ0) is 22.9. The third-order valence-corrected chi connectivity index (χ3v) is 5.33. The van der Waals surface area contributed by atoms with Crippen molar-refractivity contribution >= 4 is 17.5 Å². The summed E-state index contributed by atoms with van der Waals surface area (Å²) in [7, 11) is 1.60. The summed E-state index contributed by atoms with van der Waals surface area (Å²) in [5.41, 5.74) is 1.59. The summed E-state index contributed by atoms with van der Waals surface area (Å²) in [6, 6.07) is 11.4. The molecule has 0 unspecified atom stereocenters. The highest BCUT2D eigenvalue weighted by Crippen LogP contribution is 2.32. The normalized spacial score (nSPS) is 13.4. The van der Waals surface area contributed by atoms with Gasteiger partial charge >= 0.3 is 11.8 Å². The summed E-state index contributed by atoms with van der Waals surface area (Å²) in [6.07, 6.45) is 5.16. The van der Waals surface area contributed by atoms with Gasteiger partial charge in [-0.25, -0.2) is 0 Å². The molecule has 32 heavy (non-hydrogen) atoms. The number of amides is 2. The third kappa shape index (κ3) is 6.44. The Morgan fingerprint density at radius 3 is 2.31 bits per heavy atom. The van der Waals surface area contributed by atoms with Crippen molar-refractivity contribution in [3.05, 3.63) is 63.7 Å². The third-order valence-electron chi connectivity index (χ3n) is 5.33. The van der Waals surface area contributed by atoms with Crippen molar-refractivity contribution in [3.63, 3.8) is 0 Å². The molecule has 0 atom stereocenters. The van der Waals surface area contributed by atoms with Crippen molar-refractivity contribution in [2.45, 2.75) is 44.8 Å². The highest BCUT2D eigenvalue weighted by Gasteiger charge is 2.19. The number of methoxy groups -OCH3 is 1. The Balaban J connectivity index is 1.45. The lowest BCUT2D eigenvalue weighted by atomic mass is 10.1. The molecular weight excluding hydrogens is 414 g/mol. The van der Waals surface area contributed by atoms with Gasteiger partial charge in [0.15, 0.2) is 11.5 Å². The van der Waals surface area contributed by atoms with E-state index in [1.54, 1.807) is 7.11 Å². The van der Waals surface area contributed by atoms with Gasteiger partial charge in [-0.1, -0.05) is 18.2 Å². The van der Waals surface area contributed by atoms with E-state index in [0.717, 1.165) is 18.4 Å². The predicted octanol–water partition coefficient (Wildman–Crippen LogP) is 2.90. The van der Waals surface area contributed by atoms with E-state index in [9.17, 15) is 19.7 Å². The lowest BCUT2D eigenvalue weighted by molar-refractivity contribution is -0.384. The first-order chi connectivity index (χ1) is 15.5. The molecule has 2 amide bonds. The molecule has 1 aliphatic rings. The van der Waals surface area contributed by atoms with Gasteiger partial charge in [0, 0.05) is 25.2 Å². The summed E-state index contributed by atoms with van der Waals surface area (Å²) in [4.78, 5) is 34.2. The van der Waals surface area contributed by atoms with Gasteiger partial charge in [0.1, 0.15) is 0 Å². The van der Waals surface area contributed by atoms with E-state index in [1.165, 1.54) is 37.1 Å². The molecule has 0 radical (unpaired) electrons. The Morgan fingerprint density at radius 1 is 1.00 bits per heavy atom. The maximum absolute atomic E-state index is 12.0. The molecule has 0 saturated heterocycles. The summed E-state index contributed by atoms with van der Waals surface area (Å²) in [5, 5.41) is 15.8. The standard InChI is InChI=1S/C23H27N3O6/c1-31-20-11-8-16(14-21(20)32-19-4-2-3-5-19)12-13-24-22(27)23(28)25-15-17-6-9-18(10-7-17)26(29)30/h6-11,14,19H,2-5,12-13,15H2,1H3,(H,24,27)(H,25,28). The molecule has 2 N–H and O–H groups in total. The molecule has 3 rings (SSSR count). The van der Waals surface area contributed by atoms with Gasteiger partial charge < -0.3 is 20.1 Å². The number of nitrogens with zero attached hydrogens (tertiary/aromatic N) is 1. The van der Waals surface area contributed by atoms with Crippen molar-refractivity contribution < 1.29 is 24.0 Å². The summed E-state index contributed by atoms with van der Waals surface area (Å²) in [6.45, 7) is 0.392. The number of rotatable bonds is 9. The topological polar surface area (TPSA) is 120 Å². The van der Waals surface area contributed by atoms with Crippen LogP contribution in [0, 0.1) is 10.1 Å². The Labute approximate surface area is 186 Å². The summed E-state index contributed by atoms with van der Waals surface area (Å²) in [5.74, 6) is -0.120. The molecule has 9 heteroatoms. The second-order valence-electron chi connectivity index (χ2n) is 7.62. The average Bonchev–Trinajstić information content (AvgIpc) is 3.31. The molecule has 0 aliphatic heterocycles. The van der Waals surface area contributed by atoms with Crippen LogP contribution in [0.1, 0.15) is 36.8 Å². The smallest absolute Gasteiger partial charge is 0.309 e. The van der Waals surface area contributed by atoms with Gasteiger partial charge in [-0.05, 0) is 55.4 Å². The molecule has 0 spiro atoms. The first-order valence-corrected chi connectivity index (χ1v) is 10.6. The maximum atomic E-state index is 12.0. The predicted molar refractivity (Wildman–Crippen MR) is 118 cm³/mol. The monoisotopic (exact) mass is 441 g/mol. The van der Waals surface area contributed by atoms with Crippen molar-refractivity contribution in [2.24, 2.45) is 0 Å². The number of carbonyl (C=O) groups is 2. The fourth-order valence-corrected chi connectivity index (χ4v) is 3.55. The average molecular weight is 441 g/mol. The van der Waals surface area contributed by atoms with E-state index in [4.69, 9.17) is 9.47 Å². The van der Waals surface area contributed by atoms with Crippen LogP contribution >= 0.6 is 0 Å². The van der Waals surface area contributed by atoms with Crippen LogP contribution in [-0.4, -0.2) is 36.5 Å². The van der Waals surface area contributed by atoms with Crippen molar-refractivity contribution in [1.29, 1.82) is 0 Å². The number of nitrogens with one attached hydrogen (secondary N) is 2. The van der Waals surface area contributed by atoms with Crippen molar-refractivity contribution in [1.82, 2.24) is 10.6 Å². The number of benzene rings is 2. The van der Waals surface area contributed by atoms with Crippen molar-refractivity contribution in [3.8, 4) is 11.5 Å². The van der Waals surface area contributed by atoms with Gasteiger partial charge in [0.25, 0.3) is 5.69 Å². The van der Waals surface area contributed by atoms with Crippen molar-refractivity contribution in [2.75, 3.05) is 13.7 Å². The van der Waals surface area contributed by atoms with E-state index >= 15 is 0 Å². The van der Waals surface area contributed by atoms with Gasteiger partial charge in [-0.2, -0.15) is 0 Å². The van der Waals surface area contributed by atoms with E-state index in [1.807, 2.05) is 18.2 Å². The van der Waals surface area contributed by atoms with Gasteiger partial charge in [0.05, 0.1) is 18.1 Å². The van der Waals surface area contributed by atoms with Crippen LogP contribution in [0.15, 0.2) is 42.5 Å². The Morgan fingerprint density at radius 2 is 1.66 bits per heavy atom. The largest absolute Gasteiger partial charge is 0.493 e. The SMILES string of the molecule is COc1ccc(CCNC(=O)C(=O)NCc2ccc([N+](=O)[O-])cc2)cc1OC1CCCC1. The highest BCUT2D eigenvalue weighted by molar-refractivity contribution is 6.35. The number of nitro groups is 1. The molecule has 1 fully saturated rings. The lowest BCUT2D eigenvalue weighted by Gasteiger charge is -2.17. The Kier molecular flexibility index (Phi) is 8.02. The second kappa shape index (κ2) is 11.1. The van der Waals surface area contributed by atoms with Gasteiger partial charge in [0.2, 0.25) is 0 Å². The Hall–Kier alpha value is -3.62. The van der Waals surface area contributed by atoms with Gasteiger partial charge in [-0.3, -0.25) is 19.7 Å². The van der Waals surface area contributed by atoms with E-state index in [-0.39, 0.29) is 18.3 Å². The molecule has 0 bridgehead atoms.